The first kappa shape index (κ1) is 24.7. The normalized spacial score (nSPS) is 10.4. The van der Waals surface area contributed by atoms with Crippen LogP contribution in [0.2, 0.25) is 0 Å². The summed E-state index contributed by atoms with van der Waals surface area (Å²) >= 11 is 1.43. The van der Waals surface area contributed by atoms with E-state index in [0.717, 1.165) is 5.56 Å². The maximum absolute atomic E-state index is 12.8. The summed E-state index contributed by atoms with van der Waals surface area (Å²) in [4.78, 5) is 39.9. The lowest BCUT2D eigenvalue weighted by Crippen LogP contribution is -2.27. The van der Waals surface area contributed by atoms with Crippen molar-refractivity contribution in [3.63, 3.8) is 0 Å². The molecule has 9 nitrogen and oxygen atoms in total. The number of benzene rings is 3. The number of hydrogen-bond acceptors (Lipinski definition) is 8. The van der Waals surface area contributed by atoms with Crippen molar-refractivity contribution >= 4 is 29.3 Å². The van der Waals surface area contributed by atoms with Crippen LogP contribution < -0.4 is 10.2 Å². The number of hydrogen-bond donors (Lipinski definition) is 1. The molecule has 0 saturated heterocycles. The van der Waals surface area contributed by atoms with E-state index < -0.39 is 16.8 Å². The zero-order chi connectivity index (χ0) is 24.3. The van der Waals surface area contributed by atoms with Crippen LogP contribution >= 0.6 is 11.8 Å². The molecule has 0 aliphatic heterocycles. The van der Waals surface area contributed by atoms with Gasteiger partial charge >= 0.3 is 5.97 Å². The maximum Gasteiger partial charge on any atom is 0.339 e. The number of rotatable bonds is 11. The van der Waals surface area contributed by atoms with Crippen molar-refractivity contribution in [3.8, 4) is 5.75 Å². The third-order valence-corrected chi connectivity index (χ3v) is 5.64. The summed E-state index contributed by atoms with van der Waals surface area (Å²) in [5.41, 5.74) is 4.17. The minimum atomic E-state index is -0.544. The fourth-order valence-electron chi connectivity index (χ4n) is 2.85. The standard InChI is InChI=1S/C24H22N2O7S/c1-31-25-23(27)15-32-20-11-12-21(22(13-20)34-16-18-5-3-2-4-6-18)24(28)33-14-17-7-9-19(10-8-17)26(29)30/h2-13H,14-16H2,1H3,(H,25,27). The topological polar surface area (TPSA) is 117 Å². The van der Waals surface area contributed by atoms with E-state index in [4.69, 9.17) is 9.47 Å². The molecule has 0 aromatic heterocycles. The molecule has 0 aliphatic carbocycles. The Labute approximate surface area is 200 Å². The van der Waals surface area contributed by atoms with Gasteiger partial charge in [0.15, 0.2) is 6.61 Å². The predicted octanol–water partition coefficient (Wildman–Crippen LogP) is 4.30. The van der Waals surface area contributed by atoms with Gasteiger partial charge in [-0.05, 0) is 41.5 Å². The molecule has 0 heterocycles. The first-order valence-corrected chi connectivity index (χ1v) is 11.1. The van der Waals surface area contributed by atoms with Gasteiger partial charge in [-0.1, -0.05) is 30.3 Å². The molecule has 1 N–H and O–H groups in total. The van der Waals surface area contributed by atoms with Crippen molar-refractivity contribution in [2.24, 2.45) is 0 Å². The Hall–Kier alpha value is -3.89. The van der Waals surface area contributed by atoms with Crippen molar-refractivity contribution in [3.05, 3.63) is 99.6 Å². The number of carbonyl (C=O) groups is 2. The van der Waals surface area contributed by atoms with Crippen molar-refractivity contribution < 1.29 is 28.8 Å². The molecular formula is C24H22N2O7S. The van der Waals surface area contributed by atoms with Gasteiger partial charge in [0.25, 0.3) is 11.6 Å². The molecule has 0 saturated carbocycles. The van der Waals surface area contributed by atoms with Crippen molar-refractivity contribution in [2.75, 3.05) is 13.7 Å². The van der Waals surface area contributed by atoms with Gasteiger partial charge in [-0.3, -0.25) is 19.7 Å². The van der Waals surface area contributed by atoms with Crippen LogP contribution in [0.3, 0.4) is 0 Å². The van der Waals surface area contributed by atoms with Gasteiger partial charge in [0, 0.05) is 22.8 Å². The van der Waals surface area contributed by atoms with Gasteiger partial charge in [0.05, 0.1) is 17.6 Å². The fraction of sp³-hybridized carbons (Fsp3) is 0.167. The highest BCUT2D eigenvalue weighted by Crippen LogP contribution is 2.31. The van der Waals surface area contributed by atoms with E-state index in [1.807, 2.05) is 30.3 Å². The molecule has 0 radical (unpaired) electrons. The number of nitrogens with zero attached hydrogens (tertiary/aromatic N) is 1. The molecule has 0 atom stereocenters. The molecule has 176 valence electrons. The molecule has 3 aromatic carbocycles. The fourth-order valence-corrected chi connectivity index (χ4v) is 3.87. The van der Waals surface area contributed by atoms with Crippen LogP contribution in [0.25, 0.3) is 0 Å². The Balaban J connectivity index is 1.72. The minimum absolute atomic E-state index is 0.0327. The number of esters is 1. The SMILES string of the molecule is CONC(=O)COc1ccc(C(=O)OCc2ccc([N+](=O)[O-])cc2)c(SCc2ccccc2)c1. The summed E-state index contributed by atoms with van der Waals surface area (Å²) in [6.45, 7) is -0.282. The lowest BCUT2D eigenvalue weighted by atomic mass is 10.2. The summed E-state index contributed by atoms with van der Waals surface area (Å²) < 4.78 is 10.9. The number of non-ortho nitro benzene ring substituents is 1. The molecular weight excluding hydrogens is 460 g/mol. The first-order valence-electron chi connectivity index (χ1n) is 10.1. The van der Waals surface area contributed by atoms with Crippen LogP contribution in [0, 0.1) is 10.1 Å². The number of nitro groups is 1. The van der Waals surface area contributed by atoms with Crippen LogP contribution in [-0.4, -0.2) is 30.5 Å². The van der Waals surface area contributed by atoms with Gasteiger partial charge in [0.1, 0.15) is 12.4 Å². The van der Waals surface area contributed by atoms with Crippen LogP contribution in [0.1, 0.15) is 21.5 Å². The summed E-state index contributed by atoms with van der Waals surface area (Å²) in [5, 5.41) is 10.8. The average molecular weight is 483 g/mol. The second-order valence-corrected chi connectivity index (χ2v) is 7.97. The lowest BCUT2D eigenvalue weighted by Gasteiger charge is -2.12. The minimum Gasteiger partial charge on any atom is -0.484 e. The summed E-state index contributed by atoms with van der Waals surface area (Å²) in [5.74, 6) is 0.0239. The summed E-state index contributed by atoms with van der Waals surface area (Å²) in [6, 6.07) is 20.4. The second kappa shape index (κ2) is 12.4. The Kier molecular flexibility index (Phi) is 9.01. The molecule has 34 heavy (non-hydrogen) atoms. The highest BCUT2D eigenvalue weighted by Gasteiger charge is 2.16. The number of ether oxygens (including phenoxy) is 2. The molecule has 0 aliphatic rings. The lowest BCUT2D eigenvalue weighted by molar-refractivity contribution is -0.384. The third kappa shape index (κ3) is 7.32. The van der Waals surface area contributed by atoms with Crippen LogP contribution in [0.4, 0.5) is 5.69 Å². The Morgan fingerprint density at radius 1 is 1.00 bits per heavy atom. The smallest absolute Gasteiger partial charge is 0.339 e. The van der Waals surface area contributed by atoms with Crippen LogP contribution in [0.5, 0.6) is 5.75 Å². The van der Waals surface area contributed by atoms with E-state index in [0.29, 0.717) is 27.5 Å². The number of carbonyl (C=O) groups excluding carboxylic acids is 2. The second-order valence-electron chi connectivity index (χ2n) is 6.95. The van der Waals surface area contributed by atoms with E-state index in [9.17, 15) is 19.7 Å². The predicted molar refractivity (Wildman–Crippen MR) is 125 cm³/mol. The maximum atomic E-state index is 12.8. The van der Waals surface area contributed by atoms with E-state index in [2.05, 4.69) is 10.3 Å². The Morgan fingerprint density at radius 3 is 2.41 bits per heavy atom. The molecule has 10 heteroatoms. The zero-order valence-corrected chi connectivity index (χ0v) is 19.1. The van der Waals surface area contributed by atoms with Gasteiger partial charge in [-0.2, -0.15) is 0 Å². The van der Waals surface area contributed by atoms with Gasteiger partial charge in [-0.15, -0.1) is 11.8 Å². The Bertz CT molecular complexity index is 1140. The quantitative estimate of drug-likeness (QED) is 0.186. The van der Waals surface area contributed by atoms with Crippen LogP contribution in [-0.2, 0) is 26.7 Å². The zero-order valence-electron chi connectivity index (χ0n) is 18.3. The number of hydroxylamine groups is 1. The largest absolute Gasteiger partial charge is 0.484 e. The van der Waals surface area contributed by atoms with Crippen molar-refractivity contribution in [1.29, 1.82) is 0 Å². The Morgan fingerprint density at radius 2 is 1.74 bits per heavy atom. The number of amides is 1. The summed E-state index contributed by atoms with van der Waals surface area (Å²) in [6.07, 6.45) is 0. The molecule has 0 unspecified atom stereocenters. The monoisotopic (exact) mass is 482 g/mol. The number of nitro benzene ring substituents is 1. The molecule has 0 spiro atoms. The third-order valence-electron chi connectivity index (χ3n) is 4.51. The number of thioether (sulfide) groups is 1. The molecule has 0 fully saturated rings. The average Bonchev–Trinajstić information content (AvgIpc) is 2.86. The highest BCUT2D eigenvalue weighted by atomic mass is 32.2. The van der Waals surface area contributed by atoms with E-state index in [1.54, 1.807) is 30.3 Å². The van der Waals surface area contributed by atoms with Crippen molar-refractivity contribution in [2.45, 2.75) is 17.3 Å². The van der Waals surface area contributed by atoms with E-state index >= 15 is 0 Å². The molecule has 3 rings (SSSR count). The molecule has 1 amide bonds. The van der Waals surface area contributed by atoms with E-state index in [1.165, 1.54) is 31.0 Å². The molecule has 3 aromatic rings. The van der Waals surface area contributed by atoms with Gasteiger partial charge in [0.2, 0.25) is 0 Å². The van der Waals surface area contributed by atoms with Gasteiger partial charge in [-0.25, -0.2) is 10.3 Å². The number of nitrogens with one attached hydrogen (secondary N) is 1. The van der Waals surface area contributed by atoms with E-state index in [-0.39, 0.29) is 18.9 Å². The van der Waals surface area contributed by atoms with Gasteiger partial charge < -0.3 is 9.47 Å². The highest BCUT2D eigenvalue weighted by molar-refractivity contribution is 7.98. The van der Waals surface area contributed by atoms with Crippen molar-refractivity contribution in [1.82, 2.24) is 5.48 Å². The summed E-state index contributed by atoms with van der Waals surface area (Å²) in [7, 11) is 1.33. The van der Waals surface area contributed by atoms with Crippen LogP contribution in [0.15, 0.2) is 77.7 Å². The first-order chi connectivity index (χ1) is 16.5. The molecule has 0 bridgehead atoms.